The van der Waals surface area contributed by atoms with Crippen LogP contribution in [0.25, 0.3) is 0 Å². The van der Waals surface area contributed by atoms with Gasteiger partial charge in [-0.15, -0.1) is 0 Å². The predicted molar refractivity (Wildman–Crippen MR) is 39.6 cm³/mol. The molecule has 0 saturated carbocycles. The minimum atomic E-state index is -0.820. The molecule has 0 aromatic carbocycles. The first-order chi connectivity index (χ1) is 4.66. The number of allylic oxidation sites excluding steroid dienone is 1. The van der Waals surface area contributed by atoms with Gasteiger partial charge in [-0.1, -0.05) is 11.6 Å². The van der Waals surface area contributed by atoms with Crippen LogP contribution in [0.15, 0.2) is 11.6 Å². The van der Waals surface area contributed by atoms with Gasteiger partial charge in [0.2, 0.25) is 0 Å². The maximum atomic E-state index is 9.50. The summed E-state index contributed by atoms with van der Waals surface area (Å²) in [6, 6.07) is 0. The van der Waals surface area contributed by atoms with E-state index in [4.69, 9.17) is 5.11 Å². The summed E-state index contributed by atoms with van der Waals surface area (Å²) in [5.41, 5.74) is 0.498. The van der Waals surface area contributed by atoms with Crippen molar-refractivity contribution in [2.45, 2.75) is 31.8 Å². The standard InChI is InChI=1S/C8H14O2/c1-7-2-4-8(10,6-9)5-3-7/h2,9-10H,3-6H2,1H3. The molecule has 1 rings (SSSR count). The smallest absolute Gasteiger partial charge is 0.0914 e. The summed E-state index contributed by atoms with van der Waals surface area (Å²) in [7, 11) is 0. The van der Waals surface area contributed by atoms with Crippen LogP contribution in [0.5, 0.6) is 0 Å². The Kier molecular flexibility index (Phi) is 2.11. The van der Waals surface area contributed by atoms with E-state index in [9.17, 15) is 5.11 Å². The maximum absolute atomic E-state index is 9.50. The molecule has 2 heteroatoms. The van der Waals surface area contributed by atoms with Crippen molar-refractivity contribution in [2.24, 2.45) is 0 Å². The molecular weight excluding hydrogens is 128 g/mol. The Morgan fingerprint density at radius 3 is 2.80 bits per heavy atom. The van der Waals surface area contributed by atoms with E-state index in [1.807, 2.05) is 6.08 Å². The van der Waals surface area contributed by atoms with Gasteiger partial charge in [0.15, 0.2) is 0 Å². The molecule has 1 aliphatic rings. The Hall–Kier alpha value is -0.340. The van der Waals surface area contributed by atoms with Crippen molar-refractivity contribution in [2.75, 3.05) is 6.61 Å². The molecule has 1 unspecified atom stereocenters. The molecule has 0 aliphatic heterocycles. The fourth-order valence-electron chi connectivity index (χ4n) is 1.14. The molecule has 0 aromatic heterocycles. The van der Waals surface area contributed by atoms with Crippen molar-refractivity contribution in [3.63, 3.8) is 0 Å². The molecule has 0 fully saturated rings. The molecule has 0 aromatic rings. The van der Waals surface area contributed by atoms with Crippen LogP contribution in [-0.4, -0.2) is 22.4 Å². The van der Waals surface area contributed by atoms with Gasteiger partial charge in [0.05, 0.1) is 12.2 Å². The zero-order valence-electron chi connectivity index (χ0n) is 6.30. The number of aliphatic hydroxyl groups is 2. The highest BCUT2D eigenvalue weighted by Crippen LogP contribution is 2.26. The minimum Gasteiger partial charge on any atom is -0.393 e. The van der Waals surface area contributed by atoms with Gasteiger partial charge in [0.1, 0.15) is 0 Å². The van der Waals surface area contributed by atoms with Crippen LogP contribution in [0.4, 0.5) is 0 Å². The van der Waals surface area contributed by atoms with E-state index in [0.29, 0.717) is 12.8 Å². The maximum Gasteiger partial charge on any atom is 0.0914 e. The van der Waals surface area contributed by atoms with Crippen LogP contribution in [-0.2, 0) is 0 Å². The highest BCUT2D eigenvalue weighted by molar-refractivity contribution is 5.07. The topological polar surface area (TPSA) is 40.5 Å². The van der Waals surface area contributed by atoms with Crippen LogP contribution in [0.3, 0.4) is 0 Å². The van der Waals surface area contributed by atoms with Crippen LogP contribution in [0.2, 0.25) is 0 Å². The normalized spacial score (nSPS) is 33.7. The molecule has 58 valence electrons. The van der Waals surface area contributed by atoms with Crippen molar-refractivity contribution >= 4 is 0 Å². The van der Waals surface area contributed by atoms with Gasteiger partial charge in [-0.3, -0.25) is 0 Å². The largest absolute Gasteiger partial charge is 0.393 e. The third kappa shape index (κ3) is 1.58. The lowest BCUT2D eigenvalue weighted by molar-refractivity contribution is -0.0219. The lowest BCUT2D eigenvalue weighted by Crippen LogP contribution is -2.34. The molecule has 10 heavy (non-hydrogen) atoms. The fourth-order valence-corrected chi connectivity index (χ4v) is 1.14. The second-order valence-electron chi connectivity index (χ2n) is 3.14. The fraction of sp³-hybridized carbons (Fsp3) is 0.750. The van der Waals surface area contributed by atoms with Gasteiger partial charge in [-0.05, 0) is 26.2 Å². The van der Waals surface area contributed by atoms with E-state index in [1.165, 1.54) is 5.57 Å². The molecule has 0 heterocycles. The second-order valence-corrected chi connectivity index (χ2v) is 3.14. The average molecular weight is 142 g/mol. The Balaban J connectivity index is 2.56. The predicted octanol–water partition coefficient (Wildman–Crippen LogP) is 0.840. The lowest BCUT2D eigenvalue weighted by atomic mass is 9.87. The molecule has 0 amide bonds. The average Bonchev–Trinajstić information content (AvgIpc) is 1.96. The summed E-state index contributed by atoms with van der Waals surface area (Å²) in [5, 5.41) is 18.3. The molecule has 0 radical (unpaired) electrons. The van der Waals surface area contributed by atoms with Crippen molar-refractivity contribution in [3.8, 4) is 0 Å². The van der Waals surface area contributed by atoms with E-state index in [-0.39, 0.29) is 6.61 Å². The SMILES string of the molecule is CC1=CCC(O)(CO)CC1. The molecule has 2 N–H and O–H groups in total. The lowest BCUT2D eigenvalue weighted by Gasteiger charge is -2.28. The van der Waals surface area contributed by atoms with E-state index < -0.39 is 5.60 Å². The van der Waals surface area contributed by atoms with Crippen molar-refractivity contribution in [1.82, 2.24) is 0 Å². The Morgan fingerprint density at radius 1 is 1.70 bits per heavy atom. The number of hydrogen-bond acceptors (Lipinski definition) is 2. The highest BCUT2D eigenvalue weighted by atomic mass is 16.3. The van der Waals surface area contributed by atoms with E-state index >= 15 is 0 Å². The van der Waals surface area contributed by atoms with Crippen molar-refractivity contribution in [1.29, 1.82) is 0 Å². The Labute approximate surface area is 61.2 Å². The first-order valence-corrected chi connectivity index (χ1v) is 3.65. The quantitative estimate of drug-likeness (QED) is 0.533. The van der Waals surface area contributed by atoms with Gasteiger partial charge < -0.3 is 10.2 Å². The van der Waals surface area contributed by atoms with Crippen LogP contribution in [0, 0.1) is 0 Å². The van der Waals surface area contributed by atoms with Crippen LogP contribution in [0.1, 0.15) is 26.2 Å². The first kappa shape index (κ1) is 7.76. The molecule has 1 aliphatic carbocycles. The van der Waals surface area contributed by atoms with E-state index in [0.717, 1.165) is 6.42 Å². The van der Waals surface area contributed by atoms with E-state index in [2.05, 4.69) is 6.92 Å². The van der Waals surface area contributed by atoms with Gasteiger partial charge in [0.25, 0.3) is 0 Å². The zero-order chi connectivity index (χ0) is 7.61. The van der Waals surface area contributed by atoms with E-state index in [1.54, 1.807) is 0 Å². The minimum absolute atomic E-state index is 0.114. The van der Waals surface area contributed by atoms with Crippen LogP contribution >= 0.6 is 0 Å². The zero-order valence-corrected chi connectivity index (χ0v) is 6.30. The third-order valence-electron chi connectivity index (χ3n) is 2.11. The third-order valence-corrected chi connectivity index (χ3v) is 2.11. The second kappa shape index (κ2) is 2.72. The molecule has 0 bridgehead atoms. The summed E-state index contributed by atoms with van der Waals surface area (Å²) in [6.07, 6.45) is 4.22. The Morgan fingerprint density at radius 2 is 2.40 bits per heavy atom. The first-order valence-electron chi connectivity index (χ1n) is 3.65. The van der Waals surface area contributed by atoms with Gasteiger partial charge in [-0.2, -0.15) is 0 Å². The van der Waals surface area contributed by atoms with Gasteiger partial charge >= 0.3 is 0 Å². The van der Waals surface area contributed by atoms with Crippen molar-refractivity contribution < 1.29 is 10.2 Å². The van der Waals surface area contributed by atoms with Gasteiger partial charge in [0, 0.05) is 0 Å². The van der Waals surface area contributed by atoms with Crippen molar-refractivity contribution in [3.05, 3.63) is 11.6 Å². The van der Waals surface area contributed by atoms with Crippen LogP contribution < -0.4 is 0 Å². The number of rotatable bonds is 1. The molecular formula is C8H14O2. The molecule has 1 atom stereocenters. The summed E-state index contributed by atoms with van der Waals surface area (Å²) in [4.78, 5) is 0. The molecule has 2 nitrogen and oxygen atoms in total. The molecule has 0 saturated heterocycles. The monoisotopic (exact) mass is 142 g/mol. The summed E-state index contributed by atoms with van der Waals surface area (Å²) in [6.45, 7) is 1.94. The summed E-state index contributed by atoms with van der Waals surface area (Å²) < 4.78 is 0. The van der Waals surface area contributed by atoms with Gasteiger partial charge in [-0.25, -0.2) is 0 Å². The Bertz CT molecular complexity index is 151. The summed E-state index contributed by atoms with van der Waals surface area (Å²) in [5.74, 6) is 0. The highest BCUT2D eigenvalue weighted by Gasteiger charge is 2.26. The number of hydrogen-bond donors (Lipinski definition) is 2. The summed E-state index contributed by atoms with van der Waals surface area (Å²) >= 11 is 0. The number of aliphatic hydroxyl groups excluding tert-OH is 1. The molecule has 0 spiro atoms.